The van der Waals surface area contributed by atoms with Gasteiger partial charge in [0, 0.05) is 0 Å². The fraction of sp³-hybridized carbons (Fsp3) is 0.100. The van der Waals surface area contributed by atoms with Crippen molar-refractivity contribution in [2.75, 3.05) is 0 Å². The monoisotopic (exact) mass is 255 g/mol. The predicted octanol–water partition coefficient (Wildman–Crippen LogP) is 1.57. The average molecular weight is 255 g/mol. The number of carboxylic acid groups (broad SMARTS) is 1. The Balaban J connectivity index is 2.20. The van der Waals surface area contributed by atoms with Gasteiger partial charge in [0.25, 0.3) is 5.82 Å². The fourth-order valence-corrected chi connectivity index (χ4v) is 1.27. The third-order valence-corrected chi connectivity index (χ3v) is 2.01. The largest absolute Gasteiger partial charge is 0.475 e. The molecule has 0 saturated heterocycles. The van der Waals surface area contributed by atoms with Gasteiger partial charge in [0.15, 0.2) is 0 Å². The van der Waals surface area contributed by atoms with Crippen molar-refractivity contribution < 1.29 is 23.4 Å². The summed E-state index contributed by atoms with van der Waals surface area (Å²) < 4.78 is 29.2. The Morgan fingerprint density at radius 1 is 1.33 bits per heavy atom. The van der Waals surface area contributed by atoms with Crippen molar-refractivity contribution in [2.45, 2.75) is 6.61 Å². The van der Waals surface area contributed by atoms with E-state index in [0.717, 1.165) is 0 Å². The van der Waals surface area contributed by atoms with Crippen LogP contribution in [0.4, 0.5) is 8.78 Å². The molecular weight excluding hydrogens is 248 g/mol. The van der Waals surface area contributed by atoms with E-state index in [0.29, 0.717) is 5.69 Å². The Hall–Kier alpha value is -2.51. The number of carbonyl (C=O) groups is 1. The Morgan fingerprint density at radius 2 is 2.00 bits per heavy atom. The van der Waals surface area contributed by atoms with E-state index in [9.17, 15) is 13.6 Å². The van der Waals surface area contributed by atoms with Crippen LogP contribution in [0.3, 0.4) is 0 Å². The van der Waals surface area contributed by atoms with Gasteiger partial charge in [-0.1, -0.05) is 0 Å². The van der Waals surface area contributed by atoms with Crippen LogP contribution in [0.5, 0.6) is 5.75 Å². The molecule has 0 unspecified atom stereocenters. The minimum Gasteiger partial charge on any atom is -0.475 e. The molecule has 0 fully saturated rings. The first-order valence-electron chi connectivity index (χ1n) is 4.76. The summed E-state index contributed by atoms with van der Waals surface area (Å²) in [7, 11) is 0. The molecule has 18 heavy (non-hydrogen) atoms. The highest BCUT2D eigenvalue weighted by atomic mass is 19.3. The standard InChI is InChI=1S/C10H7F2N3O3/c11-10(12)18-7-3-1-6(2-4-7)15-5-13-8(14-15)9(16)17/h1-5,10H,(H,16,17). The first-order chi connectivity index (χ1) is 8.56. The van der Waals surface area contributed by atoms with Crippen molar-refractivity contribution >= 4 is 5.97 Å². The zero-order valence-electron chi connectivity index (χ0n) is 8.83. The summed E-state index contributed by atoms with van der Waals surface area (Å²) in [5, 5.41) is 12.3. The smallest absolute Gasteiger partial charge is 0.387 e. The molecule has 1 N–H and O–H groups in total. The zero-order valence-corrected chi connectivity index (χ0v) is 8.83. The molecule has 0 radical (unpaired) electrons. The minimum atomic E-state index is -2.89. The third-order valence-electron chi connectivity index (χ3n) is 2.01. The van der Waals surface area contributed by atoms with Crippen molar-refractivity contribution in [3.05, 3.63) is 36.4 Å². The highest BCUT2D eigenvalue weighted by Crippen LogP contribution is 2.16. The van der Waals surface area contributed by atoms with E-state index in [2.05, 4.69) is 14.8 Å². The third kappa shape index (κ3) is 2.59. The molecule has 0 atom stereocenters. The van der Waals surface area contributed by atoms with E-state index < -0.39 is 12.6 Å². The molecule has 1 aromatic heterocycles. The maximum absolute atomic E-state index is 11.9. The van der Waals surface area contributed by atoms with Crippen LogP contribution in [-0.2, 0) is 0 Å². The summed E-state index contributed by atoms with van der Waals surface area (Å²) in [6.45, 7) is -2.89. The van der Waals surface area contributed by atoms with Gasteiger partial charge < -0.3 is 9.84 Å². The van der Waals surface area contributed by atoms with Crippen LogP contribution in [0.25, 0.3) is 5.69 Å². The molecule has 0 aliphatic heterocycles. The number of hydrogen-bond acceptors (Lipinski definition) is 4. The highest BCUT2D eigenvalue weighted by molar-refractivity contribution is 5.82. The second kappa shape index (κ2) is 4.78. The SMILES string of the molecule is O=C(O)c1ncn(-c2ccc(OC(F)F)cc2)n1. The Labute approximate surface area is 99.4 Å². The van der Waals surface area contributed by atoms with Gasteiger partial charge in [-0.25, -0.2) is 14.5 Å². The van der Waals surface area contributed by atoms with Gasteiger partial charge in [0.05, 0.1) is 5.69 Å². The topological polar surface area (TPSA) is 77.2 Å². The number of alkyl halides is 2. The Morgan fingerprint density at radius 3 is 2.50 bits per heavy atom. The summed E-state index contributed by atoms with van der Waals surface area (Å²) in [5.41, 5.74) is 0.483. The van der Waals surface area contributed by atoms with Gasteiger partial charge in [-0.2, -0.15) is 8.78 Å². The van der Waals surface area contributed by atoms with E-state index in [1.165, 1.54) is 35.3 Å². The molecule has 0 saturated carbocycles. The van der Waals surface area contributed by atoms with Crippen molar-refractivity contribution in [1.29, 1.82) is 0 Å². The number of aromatic carboxylic acids is 1. The van der Waals surface area contributed by atoms with Gasteiger partial charge in [-0.15, -0.1) is 5.10 Å². The number of halogens is 2. The first kappa shape index (κ1) is 12.0. The lowest BCUT2D eigenvalue weighted by Crippen LogP contribution is -2.03. The van der Waals surface area contributed by atoms with Crippen LogP contribution in [-0.4, -0.2) is 32.5 Å². The number of benzene rings is 1. The number of aromatic nitrogens is 3. The second-order valence-electron chi connectivity index (χ2n) is 3.19. The molecule has 0 bridgehead atoms. The zero-order chi connectivity index (χ0) is 13.1. The van der Waals surface area contributed by atoms with E-state index in [1.54, 1.807) is 0 Å². The van der Waals surface area contributed by atoms with Crippen molar-refractivity contribution in [2.24, 2.45) is 0 Å². The lowest BCUT2D eigenvalue weighted by atomic mass is 10.3. The van der Waals surface area contributed by atoms with Crippen molar-refractivity contribution in [3.63, 3.8) is 0 Å². The summed E-state index contributed by atoms with van der Waals surface area (Å²) in [6.07, 6.45) is 1.21. The van der Waals surface area contributed by atoms with E-state index in [4.69, 9.17) is 5.11 Å². The van der Waals surface area contributed by atoms with Crippen LogP contribution in [0.15, 0.2) is 30.6 Å². The van der Waals surface area contributed by atoms with Crippen LogP contribution >= 0.6 is 0 Å². The molecular formula is C10H7F2N3O3. The summed E-state index contributed by atoms with van der Waals surface area (Å²) in [6, 6.07) is 5.56. The molecule has 0 amide bonds. The maximum atomic E-state index is 11.9. The quantitative estimate of drug-likeness (QED) is 0.897. The number of hydrogen-bond donors (Lipinski definition) is 1. The van der Waals surface area contributed by atoms with Gasteiger partial charge in [-0.3, -0.25) is 0 Å². The van der Waals surface area contributed by atoms with Crippen molar-refractivity contribution in [3.8, 4) is 11.4 Å². The van der Waals surface area contributed by atoms with Gasteiger partial charge >= 0.3 is 12.6 Å². The van der Waals surface area contributed by atoms with Crippen molar-refractivity contribution in [1.82, 2.24) is 14.8 Å². The molecule has 2 rings (SSSR count). The maximum Gasteiger partial charge on any atom is 0.387 e. The molecule has 94 valence electrons. The lowest BCUT2D eigenvalue weighted by Gasteiger charge is -2.05. The summed E-state index contributed by atoms with van der Waals surface area (Å²) >= 11 is 0. The summed E-state index contributed by atoms with van der Waals surface area (Å²) in [4.78, 5) is 14.1. The summed E-state index contributed by atoms with van der Waals surface area (Å²) in [5.74, 6) is -1.58. The minimum absolute atomic E-state index is 0.00678. The Bertz CT molecular complexity index is 554. The number of rotatable bonds is 4. The Kier molecular flexibility index (Phi) is 3.18. The molecule has 8 heteroatoms. The molecule has 6 nitrogen and oxygen atoms in total. The van der Waals surface area contributed by atoms with Crippen LogP contribution in [0.1, 0.15) is 10.6 Å². The number of nitrogens with zero attached hydrogens (tertiary/aromatic N) is 3. The number of ether oxygens (including phenoxy) is 1. The molecule has 0 spiro atoms. The second-order valence-corrected chi connectivity index (χ2v) is 3.19. The highest BCUT2D eigenvalue weighted by Gasteiger charge is 2.10. The number of carboxylic acids is 1. The van der Waals surface area contributed by atoms with E-state index >= 15 is 0 Å². The normalized spacial score (nSPS) is 10.6. The molecule has 2 aromatic rings. The van der Waals surface area contributed by atoms with E-state index in [1.807, 2.05) is 0 Å². The molecule has 1 heterocycles. The fourth-order valence-electron chi connectivity index (χ4n) is 1.27. The van der Waals surface area contributed by atoms with Gasteiger partial charge in [0.2, 0.25) is 0 Å². The van der Waals surface area contributed by atoms with Crippen LogP contribution in [0, 0.1) is 0 Å². The predicted molar refractivity (Wildman–Crippen MR) is 55.0 cm³/mol. The first-order valence-corrected chi connectivity index (χ1v) is 4.76. The lowest BCUT2D eigenvalue weighted by molar-refractivity contribution is -0.0498. The molecule has 0 aliphatic rings. The molecule has 0 aliphatic carbocycles. The average Bonchev–Trinajstić information content (AvgIpc) is 2.78. The van der Waals surface area contributed by atoms with Crippen LogP contribution < -0.4 is 4.74 Å². The van der Waals surface area contributed by atoms with Gasteiger partial charge in [0.1, 0.15) is 12.1 Å². The molecule has 1 aromatic carbocycles. The van der Waals surface area contributed by atoms with Gasteiger partial charge in [-0.05, 0) is 24.3 Å². The van der Waals surface area contributed by atoms with Crippen LogP contribution in [0.2, 0.25) is 0 Å². The van der Waals surface area contributed by atoms with E-state index in [-0.39, 0.29) is 11.6 Å².